The third kappa shape index (κ3) is 8.61. The van der Waals surface area contributed by atoms with Gasteiger partial charge < -0.3 is 10.2 Å². The number of hydrogen-bond acceptors (Lipinski definition) is 4. The van der Waals surface area contributed by atoms with Crippen molar-refractivity contribution in [2.45, 2.75) is 65.7 Å². The van der Waals surface area contributed by atoms with Gasteiger partial charge in [0.05, 0.1) is 11.9 Å². The van der Waals surface area contributed by atoms with Crippen molar-refractivity contribution in [3.05, 3.63) is 23.8 Å². The fraction of sp³-hybridized carbons (Fsp3) is 0.684. The summed E-state index contributed by atoms with van der Waals surface area (Å²) in [5, 5.41) is 2.93. The topological polar surface area (TPSA) is 75.2 Å². The number of carbonyl (C=O) groups is 2. The van der Waals surface area contributed by atoms with Crippen molar-refractivity contribution < 1.29 is 9.59 Å². The van der Waals surface area contributed by atoms with E-state index < -0.39 is 0 Å². The minimum absolute atomic E-state index is 0.000729. The summed E-state index contributed by atoms with van der Waals surface area (Å²) in [6, 6.07) is 0. The summed E-state index contributed by atoms with van der Waals surface area (Å²) >= 11 is 0. The first-order chi connectivity index (χ1) is 12.1. The summed E-state index contributed by atoms with van der Waals surface area (Å²) in [6.07, 6.45) is 9.86. The molecule has 2 amide bonds. The molecule has 1 heterocycles. The predicted molar refractivity (Wildman–Crippen MR) is 99.3 cm³/mol. The molecule has 0 aliphatic heterocycles. The number of rotatable bonds is 12. The van der Waals surface area contributed by atoms with Crippen LogP contribution in [0.3, 0.4) is 0 Å². The van der Waals surface area contributed by atoms with Crippen molar-refractivity contribution in [1.82, 2.24) is 20.2 Å². The molecule has 0 saturated heterocycles. The molecule has 6 nitrogen and oxygen atoms in total. The van der Waals surface area contributed by atoms with Crippen LogP contribution in [-0.4, -0.2) is 46.3 Å². The molecule has 1 rings (SSSR count). The lowest BCUT2D eigenvalue weighted by Gasteiger charge is -2.22. The summed E-state index contributed by atoms with van der Waals surface area (Å²) in [6.45, 7) is 7.84. The van der Waals surface area contributed by atoms with Crippen LogP contribution in [0, 0.1) is 6.92 Å². The Morgan fingerprint density at radius 2 is 1.76 bits per heavy atom. The number of unbranched alkanes of at least 4 members (excludes halogenated alkanes) is 4. The average molecular weight is 348 g/mol. The van der Waals surface area contributed by atoms with Crippen LogP contribution in [0.2, 0.25) is 0 Å². The molecule has 0 radical (unpaired) electrons. The summed E-state index contributed by atoms with van der Waals surface area (Å²) in [4.78, 5) is 34.6. The van der Waals surface area contributed by atoms with Crippen LogP contribution in [0.5, 0.6) is 0 Å². The van der Waals surface area contributed by atoms with Crippen LogP contribution in [-0.2, 0) is 4.79 Å². The highest BCUT2D eigenvalue weighted by Gasteiger charge is 2.18. The van der Waals surface area contributed by atoms with E-state index in [0.29, 0.717) is 31.7 Å². The van der Waals surface area contributed by atoms with Gasteiger partial charge in [-0.1, -0.05) is 39.5 Å². The molecule has 0 atom stereocenters. The average Bonchev–Trinajstić information content (AvgIpc) is 2.61. The maximum Gasteiger partial charge on any atom is 0.274 e. The minimum atomic E-state index is -0.156. The molecular weight excluding hydrogens is 316 g/mol. The monoisotopic (exact) mass is 348 g/mol. The van der Waals surface area contributed by atoms with Gasteiger partial charge in [-0.3, -0.25) is 14.6 Å². The van der Waals surface area contributed by atoms with Crippen molar-refractivity contribution in [1.29, 1.82) is 0 Å². The molecule has 0 aliphatic rings. The van der Waals surface area contributed by atoms with E-state index in [-0.39, 0.29) is 11.8 Å². The highest BCUT2D eigenvalue weighted by molar-refractivity contribution is 5.92. The molecule has 0 unspecified atom stereocenters. The molecule has 0 saturated carbocycles. The number of amides is 2. The standard InChI is InChI=1S/C19H32N4O2/c1-4-6-8-9-11-20-18(24)10-13-23(12-7-5-2)19(25)17-15-21-16(3)14-22-17/h14-15H,4-13H2,1-3H3,(H,20,24). The molecule has 1 aromatic heterocycles. The summed E-state index contributed by atoms with van der Waals surface area (Å²) in [5.74, 6) is -0.155. The van der Waals surface area contributed by atoms with Gasteiger partial charge in [0.15, 0.2) is 0 Å². The lowest BCUT2D eigenvalue weighted by Crippen LogP contribution is -2.36. The third-order valence-corrected chi connectivity index (χ3v) is 4.03. The van der Waals surface area contributed by atoms with E-state index in [9.17, 15) is 9.59 Å². The van der Waals surface area contributed by atoms with E-state index in [2.05, 4.69) is 29.1 Å². The Morgan fingerprint density at radius 1 is 1.00 bits per heavy atom. The molecule has 25 heavy (non-hydrogen) atoms. The Labute approximate surface area is 151 Å². The number of carbonyl (C=O) groups excluding carboxylic acids is 2. The first-order valence-electron chi connectivity index (χ1n) is 9.43. The predicted octanol–water partition coefficient (Wildman–Crippen LogP) is 3.11. The Balaban J connectivity index is 2.48. The van der Waals surface area contributed by atoms with E-state index >= 15 is 0 Å². The van der Waals surface area contributed by atoms with E-state index in [4.69, 9.17) is 0 Å². The number of hydrogen-bond donors (Lipinski definition) is 1. The van der Waals surface area contributed by atoms with Crippen molar-refractivity contribution >= 4 is 11.8 Å². The van der Waals surface area contributed by atoms with Gasteiger partial charge in [0.1, 0.15) is 5.69 Å². The van der Waals surface area contributed by atoms with Crippen molar-refractivity contribution in [3.63, 3.8) is 0 Å². The lowest BCUT2D eigenvalue weighted by molar-refractivity contribution is -0.121. The second-order valence-electron chi connectivity index (χ2n) is 6.35. The first-order valence-corrected chi connectivity index (χ1v) is 9.43. The zero-order valence-electron chi connectivity index (χ0n) is 15.9. The van der Waals surface area contributed by atoms with Crippen molar-refractivity contribution in [2.75, 3.05) is 19.6 Å². The smallest absolute Gasteiger partial charge is 0.274 e. The molecular formula is C19H32N4O2. The molecule has 0 aliphatic carbocycles. The normalized spacial score (nSPS) is 10.5. The summed E-state index contributed by atoms with van der Waals surface area (Å²) in [5.41, 5.74) is 1.11. The van der Waals surface area contributed by atoms with Gasteiger partial charge in [0.2, 0.25) is 5.91 Å². The highest BCUT2D eigenvalue weighted by Crippen LogP contribution is 2.05. The molecule has 0 fully saturated rings. The Morgan fingerprint density at radius 3 is 2.40 bits per heavy atom. The van der Waals surface area contributed by atoms with Gasteiger partial charge in [-0.2, -0.15) is 0 Å². The van der Waals surface area contributed by atoms with E-state index in [1.54, 1.807) is 11.1 Å². The van der Waals surface area contributed by atoms with Crippen LogP contribution in [0.25, 0.3) is 0 Å². The van der Waals surface area contributed by atoms with Gasteiger partial charge in [0, 0.05) is 32.3 Å². The molecule has 1 N–H and O–H groups in total. The summed E-state index contributed by atoms with van der Waals surface area (Å²) < 4.78 is 0. The van der Waals surface area contributed by atoms with Crippen molar-refractivity contribution in [3.8, 4) is 0 Å². The highest BCUT2D eigenvalue weighted by atomic mass is 16.2. The number of aromatic nitrogens is 2. The largest absolute Gasteiger partial charge is 0.356 e. The number of nitrogens with zero attached hydrogens (tertiary/aromatic N) is 3. The van der Waals surface area contributed by atoms with Gasteiger partial charge in [-0.05, 0) is 19.8 Å². The van der Waals surface area contributed by atoms with Gasteiger partial charge >= 0.3 is 0 Å². The minimum Gasteiger partial charge on any atom is -0.356 e. The van der Waals surface area contributed by atoms with Gasteiger partial charge in [0.25, 0.3) is 5.91 Å². The van der Waals surface area contributed by atoms with Crippen LogP contribution in [0.15, 0.2) is 12.4 Å². The second-order valence-corrected chi connectivity index (χ2v) is 6.35. The maximum absolute atomic E-state index is 12.6. The number of nitrogens with one attached hydrogen (secondary N) is 1. The van der Waals surface area contributed by atoms with Crippen molar-refractivity contribution in [2.24, 2.45) is 0 Å². The van der Waals surface area contributed by atoms with Crippen LogP contribution in [0.1, 0.15) is 75.0 Å². The van der Waals surface area contributed by atoms with Gasteiger partial charge in [-0.25, -0.2) is 4.98 Å². The summed E-state index contributed by atoms with van der Waals surface area (Å²) in [7, 11) is 0. The fourth-order valence-corrected chi connectivity index (χ4v) is 2.43. The molecule has 0 aromatic carbocycles. The fourth-order valence-electron chi connectivity index (χ4n) is 2.43. The lowest BCUT2D eigenvalue weighted by atomic mass is 10.2. The Hall–Kier alpha value is -1.98. The number of aryl methyl sites for hydroxylation is 1. The quantitative estimate of drug-likeness (QED) is 0.589. The van der Waals surface area contributed by atoms with E-state index in [0.717, 1.165) is 31.4 Å². The third-order valence-electron chi connectivity index (χ3n) is 4.03. The SMILES string of the molecule is CCCCCCNC(=O)CCN(CCCC)C(=O)c1cnc(C)cn1. The molecule has 0 bridgehead atoms. The molecule has 0 spiro atoms. The Bertz CT molecular complexity index is 517. The molecule has 6 heteroatoms. The molecule has 1 aromatic rings. The van der Waals surface area contributed by atoms with Gasteiger partial charge in [-0.15, -0.1) is 0 Å². The zero-order chi connectivity index (χ0) is 18.5. The van der Waals surface area contributed by atoms with Crippen LogP contribution >= 0.6 is 0 Å². The maximum atomic E-state index is 12.6. The van der Waals surface area contributed by atoms with Crippen LogP contribution < -0.4 is 5.32 Å². The molecule has 140 valence electrons. The first kappa shape index (κ1) is 21.1. The second kappa shape index (κ2) is 12.4. The van der Waals surface area contributed by atoms with E-state index in [1.807, 2.05) is 6.92 Å². The Kier molecular flexibility index (Phi) is 10.4. The van der Waals surface area contributed by atoms with E-state index in [1.165, 1.54) is 19.0 Å². The van der Waals surface area contributed by atoms with Crippen LogP contribution in [0.4, 0.5) is 0 Å². The zero-order valence-corrected chi connectivity index (χ0v) is 15.9.